The minimum atomic E-state index is 0.524. The summed E-state index contributed by atoms with van der Waals surface area (Å²) in [6.45, 7) is 0.524. The first-order valence-corrected chi connectivity index (χ1v) is 10.1. The average molecular weight is 469 g/mol. The summed E-state index contributed by atoms with van der Waals surface area (Å²) in [5.41, 5.74) is 5.77. The average Bonchev–Trinajstić information content (AvgIpc) is 3.08. The topological polar surface area (TPSA) is 22.1 Å². The van der Waals surface area contributed by atoms with Gasteiger partial charge in [0.2, 0.25) is 5.88 Å². The van der Waals surface area contributed by atoms with E-state index in [1.807, 2.05) is 24.3 Å². The molecular weight excluding hydrogens is 453 g/mol. The van der Waals surface area contributed by atoms with Gasteiger partial charge in [0, 0.05) is 0 Å². The highest BCUT2D eigenvalue weighted by Gasteiger charge is 2.15. The van der Waals surface area contributed by atoms with Crippen molar-refractivity contribution < 1.29 is 4.74 Å². The second kappa shape index (κ2) is 8.01. The van der Waals surface area contributed by atoms with E-state index in [1.54, 1.807) is 0 Å². The highest BCUT2D eigenvalue weighted by atomic mass is 127. The van der Waals surface area contributed by atoms with Crippen LogP contribution in [-0.4, -0.2) is 4.37 Å². The normalized spacial score (nSPS) is 10.7. The van der Waals surface area contributed by atoms with E-state index in [0.29, 0.717) is 12.5 Å². The van der Waals surface area contributed by atoms with E-state index in [9.17, 15) is 0 Å². The molecule has 3 aromatic carbocycles. The number of nitrogens with zero attached hydrogens (tertiary/aromatic N) is 1. The maximum atomic E-state index is 6.01. The predicted octanol–water partition coefficient (Wildman–Crippen LogP) is 6.66. The first kappa shape index (κ1) is 17.2. The lowest BCUT2D eigenvalue weighted by atomic mass is 10.0. The van der Waals surface area contributed by atoms with Gasteiger partial charge in [-0.1, -0.05) is 84.9 Å². The fourth-order valence-electron chi connectivity index (χ4n) is 2.78. The maximum Gasteiger partial charge on any atom is 0.234 e. The molecule has 0 radical (unpaired) electrons. The van der Waals surface area contributed by atoms with Crippen LogP contribution in [0.25, 0.3) is 22.3 Å². The third kappa shape index (κ3) is 3.81. The SMILES string of the molecule is Ic1snc(OCc2ccccc2)c1-c1ccc(-c2ccccc2)cc1. The molecule has 0 unspecified atom stereocenters. The lowest BCUT2D eigenvalue weighted by Crippen LogP contribution is -1.96. The Morgan fingerprint density at radius 3 is 2.00 bits per heavy atom. The van der Waals surface area contributed by atoms with Crippen molar-refractivity contribution in [3.05, 3.63) is 93.4 Å². The van der Waals surface area contributed by atoms with Gasteiger partial charge in [-0.05, 0) is 56.4 Å². The Kier molecular flexibility index (Phi) is 5.32. The van der Waals surface area contributed by atoms with Crippen molar-refractivity contribution in [1.29, 1.82) is 0 Å². The first-order chi connectivity index (χ1) is 12.8. The zero-order chi connectivity index (χ0) is 17.8. The minimum absolute atomic E-state index is 0.524. The molecule has 0 spiro atoms. The van der Waals surface area contributed by atoms with Crippen LogP contribution in [-0.2, 0) is 6.61 Å². The van der Waals surface area contributed by atoms with Gasteiger partial charge in [-0.2, -0.15) is 4.37 Å². The summed E-state index contributed by atoms with van der Waals surface area (Å²) >= 11 is 3.81. The van der Waals surface area contributed by atoms with Gasteiger partial charge in [0.25, 0.3) is 0 Å². The van der Waals surface area contributed by atoms with Gasteiger partial charge in [0.1, 0.15) is 6.61 Å². The smallest absolute Gasteiger partial charge is 0.234 e. The Hall–Kier alpha value is -2.18. The zero-order valence-electron chi connectivity index (χ0n) is 13.9. The molecule has 0 N–H and O–H groups in total. The Morgan fingerprint density at radius 1 is 0.731 bits per heavy atom. The largest absolute Gasteiger partial charge is 0.472 e. The summed E-state index contributed by atoms with van der Waals surface area (Å²) in [7, 11) is 0. The molecule has 128 valence electrons. The molecule has 4 rings (SSSR count). The van der Waals surface area contributed by atoms with Gasteiger partial charge in [0.05, 0.1) is 8.45 Å². The molecule has 0 atom stereocenters. The highest BCUT2D eigenvalue weighted by molar-refractivity contribution is 14.1. The molecule has 2 nitrogen and oxygen atoms in total. The second-order valence-corrected chi connectivity index (χ2v) is 8.44. The Bertz CT molecular complexity index is 982. The van der Waals surface area contributed by atoms with Crippen LogP contribution in [0, 0.1) is 2.88 Å². The van der Waals surface area contributed by atoms with E-state index in [-0.39, 0.29) is 0 Å². The van der Waals surface area contributed by atoms with E-state index < -0.39 is 0 Å². The van der Waals surface area contributed by atoms with E-state index in [2.05, 4.69) is 87.6 Å². The van der Waals surface area contributed by atoms with Crippen molar-refractivity contribution in [2.24, 2.45) is 0 Å². The number of halogens is 1. The van der Waals surface area contributed by atoms with Gasteiger partial charge in [-0.3, -0.25) is 0 Å². The van der Waals surface area contributed by atoms with Crippen LogP contribution in [0.3, 0.4) is 0 Å². The molecule has 4 aromatic rings. The molecule has 1 aromatic heterocycles. The van der Waals surface area contributed by atoms with Crippen molar-refractivity contribution >= 4 is 34.1 Å². The van der Waals surface area contributed by atoms with Gasteiger partial charge < -0.3 is 4.74 Å². The molecule has 0 saturated heterocycles. The van der Waals surface area contributed by atoms with Crippen molar-refractivity contribution in [2.75, 3.05) is 0 Å². The summed E-state index contributed by atoms with van der Waals surface area (Å²) in [5.74, 6) is 0.704. The number of hydrogen-bond acceptors (Lipinski definition) is 3. The Labute approximate surface area is 170 Å². The molecule has 0 amide bonds. The summed E-state index contributed by atoms with van der Waals surface area (Å²) in [5, 5.41) is 0. The van der Waals surface area contributed by atoms with Crippen LogP contribution in [0.2, 0.25) is 0 Å². The second-order valence-electron chi connectivity index (χ2n) is 5.85. The van der Waals surface area contributed by atoms with Gasteiger partial charge in [0.15, 0.2) is 0 Å². The fourth-order valence-corrected chi connectivity index (χ4v) is 4.22. The number of rotatable bonds is 5. The van der Waals surface area contributed by atoms with Crippen LogP contribution in [0.1, 0.15) is 5.56 Å². The molecule has 26 heavy (non-hydrogen) atoms. The number of aromatic nitrogens is 1. The van der Waals surface area contributed by atoms with E-state index >= 15 is 0 Å². The van der Waals surface area contributed by atoms with Crippen molar-refractivity contribution in [3.8, 4) is 28.1 Å². The third-order valence-corrected chi connectivity index (χ3v) is 5.87. The molecule has 1 heterocycles. The molecule has 0 aliphatic carbocycles. The molecule has 0 aliphatic rings. The quantitative estimate of drug-likeness (QED) is 0.305. The number of ether oxygens (including phenoxy) is 1. The first-order valence-electron chi connectivity index (χ1n) is 8.29. The zero-order valence-corrected chi connectivity index (χ0v) is 16.9. The van der Waals surface area contributed by atoms with Crippen molar-refractivity contribution in [2.45, 2.75) is 6.61 Å². The number of benzene rings is 3. The standard InChI is InChI=1S/C22H16INOS/c23-21-20(22(24-26-21)25-15-16-7-3-1-4-8-16)19-13-11-18(12-14-19)17-9-5-2-6-10-17/h1-14H,15H2. The van der Waals surface area contributed by atoms with Gasteiger partial charge in [-0.25, -0.2) is 0 Å². The van der Waals surface area contributed by atoms with Crippen LogP contribution >= 0.6 is 34.1 Å². The Morgan fingerprint density at radius 2 is 1.31 bits per heavy atom. The summed E-state index contributed by atoms with van der Waals surface area (Å²) in [6, 6.07) is 29.2. The lowest BCUT2D eigenvalue weighted by Gasteiger charge is -2.08. The monoisotopic (exact) mass is 469 g/mol. The summed E-state index contributed by atoms with van der Waals surface area (Å²) in [6.07, 6.45) is 0. The Balaban J connectivity index is 1.59. The fraction of sp³-hybridized carbons (Fsp3) is 0.0455. The summed E-state index contributed by atoms with van der Waals surface area (Å²) in [4.78, 5) is 0. The van der Waals surface area contributed by atoms with Gasteiger partial charge in [-0.15, -0.1) is 0 Å². The molecule has 0 fully saturated rings. The lowest BCUT2D eigenvalue weighted by molar-refractivity contribution is 0.298. The molecule has 0 aliphatic heterocycles. The molecule has 0 saturated carbocycles. The van der Waals surface area contributed by atoms with Crippen molar-refractivity contribution in [1.82, 2.24) is 4.37 Å². The molecule has 4 heteroatoms. The van der Waals surface area contributed by atoms with Crippen molar-refractivity contribution in [3.63, 3.8) is 0 Å². The van der Waals surface area contributed by atoms with Crippen LogP contribution in [0.4, 0.5) is 0 Å². The highest BCUT2D eigenvalue weighted by Crippen LogP contribution is 2.37. The van der Waals surface area contributed by atoms with Crippen LogP contribution in [0.15, 0.2) is 84.9 Å². The molecular formula is C22H16INOS. The van der Waals surface area contributed by atoms with E-state index in [0.717, 1.165) is 19.6 Å². The van der Waals surface area contributed by atoms with Gasteiger partial charge >= 0.3 is 0 Å². The third-order valence-electron chi connectivity index (χ3n) is 4.12. The van der Waals surface area contributed by atoms with E-state index in [4.69, 9.17) is 4.74 Å². The van der Waals surface area contributed by atoms with E-state index in [1.165, 1.54) is 22.7 Å². The summed E-state index contributed by atoms with van der Waals surface area (Å²) < 4.78 is 11.6. The predicted molar refractivity (Wildman–Crippen MR) is 116 cm³/mol. The van der Waals surface area contributed by atoms with Crippen LogP contribution in [0.5, 0.6) is 5.88 Å². The number of hydrogen-bond donors (Lipinski definition) is 0. The maximum absolute atomic E-state index is 6.01. The van der Waals surface area contributed by atoms with Crippen LogP contribution < -0.4 is 4.74 Å². The minimum Gasteiger partial charge on any atom is -0.472 e. The molecule has 0 bridgehead atoms.